The van der Waals surface area contributed by atoms with Crippen molar-refractivity contribution in [2.45, 2.75) is 31.8 Å². The number of halogens is 1. The SMILES string of the molecule is CN(C)Cc1cc(F)c(O)c(CC2CCCN2)c1. The molecule has 0 bridgehead atoms. The van der Waals surface area contributed by atoms with Crippen LogP contribution in [0.25, 0.3) is 0 Å². The summed E-state index contributed by atoms with van der Waals surface area (Å²) in [7, 11) is 3.89. The van der Waals surface area contributed by atoms with Gasteiger partial charge in [0.1, 0.15) is 0 Å². The second-order valence-corrected chi connectivity index (χ2v) is 5.32. The Morgan fingerprint density at radius 1 is 1.44 bits per heavy atom. The van der Waals surface area contributed by atoms with Gasteiger partial charge in [0, 0.05) is 12.6 Å². The van der Waals surface area contributed by atoms with Crippen LogP contribution in [0.3, 0.4) is 0 Å². The number of phenolic OH excluding ortho intramolecular Hbond substituents is 1. The lowest BCUT2D eigenvalue weighted by Gasteiger charge is -2.15. The second-order valence-electron chi connectivity index (χ2n) is 5.32. The molecule has 3 nitrogen and oxygen atoms in total. The third-order valence-electron chi connectivity index (χ3n) is 3.33. The molecule has 2 rings (SSSR count). The minimum atomic E-state index is -0.512. The normalized spacial score (nSPS) is 19.7. The second kappa shape index (κ2) is 5.67. The topological polar surface area (TPSA) is 35.5 Å². The third-order valence-corrected chi connectivity index (χ3v) is 3.33. The van der Waals surface area contributed by atoms with Crippen molar-refractivity contribution in [2.24, 2.45) is 0 Å². The number of aromatic hydroxyl groups is 1. The number of rotatable bonds is 4. The Morgan fingerprint density at radius 3 is 2.83 bits per heavy atom. The number of nitrogens with one attached hydrogen (secondary N) is 1. The highest BCUT2D eigenvalue weighted by Crippen LogP contribution is 2.26. The summed E-state index contributed by atoms with van der Waals surface area (Å²) in [5.41, 5.74) is 1.62. The van der Waals surface area contributed by atoms with Crippen LogP contribution < -0.4 is 5.32 Å². The molecule has 0 radical (unpaired) electrons. The summed E-state index contributed by atoms with van der Waals surface area (Å²) in [6.07, 6.45) is 2.95. The van der Waals surface area contributed by atoms with E-state index >= 15 is 0 Å². The molecule has 0 saturated carbocycles. The largest absolute Gasteiger partial charge is 0.505 e. The average molecular weight is 252 g/mol. The first kappa shape index (κ1) is 13.3. The van der Waals surface area contributed by atoms with Crippen molar-refractivity contribution in [1.82, 2.24) is 10.2 Å². The molecular weight excluding hydrogens is 231 g/mol. The molecule has 1 aromatic rings. The zero-order valence-corrected chi connectivity index (χ0v) is 11.0. The molecule has 0 aromatic heterocycles. The van der Waals surface area contributed by atoms with E-state index in [-0.39, 0.29) is 5.75 Å². The van der Waals surface area contributed by atoms with Gasteiger partial charge in [-0.1, -0.05) is 6.07 Å². The number of nitrogens with zero attached hydrogens (tertiary/aromatic N) is 1. The first-order chi connectivity index (χ1) is 8.56. The molecule has 1 heterocycles. The quantitative estimate of drug-likeness (QED) is 0.859. The Labute approximate surface area is 108 Å². The Morgan fingerprint density at radius 2 is 2.22 bits per heavy atom. The van der Waals surface area contributed by atoms with Crippen molar-refractivity contribution in [3.63, 3.8) is 0 Å². The number of benzene rings is 1. The van der Waals surface area contributed by atoms with Crippen molar-refractivity contribution in [3.05, 3.63) is 29.1 Å². The lowest BCUT2D eigenvalue weighted by molar-refractivity contribution is 0.395. The van der Waals surface area contributed by atoms with Gasteiger partial charge in [0.15, 0.2) is 11.6 Å². The molecule has 1 fully saturated rings. The molecule has 18 heavy (non-hydrogen) atoms. The van der Waals surface area contributed by atoms with Crippen molar-refractivity contribution in [1.29, 1.82) is 0 Å². The lowest BCUT2D eigenvalue weighted by Crippen LogP contribution is -2.24. The first-order valence-corrected chi connectivity index (χ1v) is 6.44. The summed E-state index contributed by atoms with van der Waals surface area (Å²) < 4.78 is 13.7. The molecule has 100 valence electrons. The predicted octanol–water partition coefficient (Wildman–Crippen LogP) is 1.89. The molecule has 1 aromatic carbocycles. The van der Waals surface area contributed by atoms with Crippen molar-refractivity contribution >= 4 is 0 Å². The molecule has 1 aliphatic heterocycles. The molecule has 1 unspecified atom stereocenters. The van der Waals surface area contributed by atoms with E-state index in [9.17, 15) is 9.50 Å². The summed E-state index contributed by atoms with van der Waals surface area (Å²) in [6.45, 7) is 1.70. The van der Waals surface area contributed by atoms with Crippen molar-refractivity contribution < 1.29 is 9.50 Å². The van der Waals surface area contributed by atoms with Crippen molar-refractivity contribution in [2.75, 3.05) is 20.6 Å². The van der Waals surface area contributed by atoms with Gasteiger partial charge in [0.25, 0.3) is 0 Å². The van der Waals surface area contributed by atoms with Crippen LogP contribution in [0.2, 0.25) is 0 Å². The van der Waals surface area contributed by atoms with Gasteiger partial charge in [-0.15, -0.1) is 0 Å². The molecular formula is C14H21FN2O. The fourth-order valence-corrected chi connectivity index (χ4v) is 2.53. The van der Waals surface area contributed by atoms with E-state index in [1.165, 1.54) is 6.07 Å². The summed E-state index contributed by atoms with van der Waals surface area (Å²) >= 11 is 0. The highest BCUT2D eigenvalue weighted by Gasteiger charge is 2.18. The number of hydrogen-bond donors (Lipinski definition) is 2. The van der Waals surface area contributed by atoms with Crippen LogP contribution in [0.1, 0.15) is 24.0 Å². The van der Waals surface area contributed by atoms with Crippen LogP contribution in [0.15, 0.2) is 12.1 Å². The minimum Gasteiger partial charge on any atom is -0.505 e. The van der Waals surface area contributed by atoms with Gasteiger partial charge in [0.2, 0.25) is 0 Å². The van der Waals surface area contributed by atoms with Crippen LogP contribution in [-0.4, -0.2) is 36.7 Å². The Balaban J connectivity index is 2.18. The fraction of sp³-hybridized carbons (Fsp3) is 0.571. The molecule has 2 N–H and O–H groups in total. The summed E-state index contributed by atoms with van der Waals surface area (Å²) in [6, 6.07) is 3.70. The summed E-state index contributed by atoms with van der Waals surface area (Å²) in [5, 5.41) is 13.2. The molecule has 1 aliphatic rings. The minimum absolute atomic E-state index is 0.189. The van der Waals surface area contributed by atoms with Crippen LogP contribution in [-0.2, 0) is 13.0 Å². The van der Waals surface area contributed by atoms with E-state index < -0.39 is 5.82 Å². The Kier molecular flexibility index (Phi) is 4.19. The predicted molar refractivity (Wildman–Crippen MR) is 70.2 cm³/mol. The number of hydrogen-bond acceptors (Lipinski definition) is 3. The molecule has 0 spiro atoms. The van der Waals surface area contributed by atoms with Gasteiger partial charge in [-0.3, -0.25) is 0 Å². The molecule has 0 aliphatic carbocycles. The van der Waals surface area contributed by atoms with Gasteiger partial charge >= 0.3 is 0 Å². The summed E-state index contributed by atoms with van der Waals surface area (Å²) in [4.78, 5) is 1.99. The highest BCUT2D eigenvalue weighted by atomic mass is 19.1. The maximum absolute atomic E-state index is 13.7. The zero-order valence-electron chi connectivity index (χ0n) is 11.0. The van der Waals surface area contributed by atoms with E-state index in [1.54, 1.807) is 0 Å². The third kappa shape index (κ3) is 3.21. The fourth-order valence-electron chi connectivity index (χ4n) is 2.53. The average Bonchev–Trinajstić information content (AvgIpc) is 2.77. The zero-order chi connectivity index (χ0) is 13.1. The molecule has 1 saturated heterocycles. The van der Waals surface area contributed by atoms with Crippen LogP contribution in [0.4, 0.5) is 4.39 Å². The van der Waals surface area contributed by atoms with E-state index in [2.05, 4.69) is 5.32 Å². The van der Waals surface area contributed by atoms with Crippen molar-refractivity contribution in [3.8, 4) is 5.75 Å². The van der Waals surface area contributed by atoms with Crippen LogP contribution in [0.5, 0.6) is 5.75 Å². The van der Waals surface area contributed by atoms with E-state index in [0.29, 0.717) is 24.6 Å². The monoisotopic (exact) mass is 252 g/mol. The Hall–Kier alpha value is -1.13. The summed E-state index contributed by atoms with van der Waals surface area (Å²) in [5.74, 6) is -0.700. The maximum Gasteiger partial charge on any atom is 0.165 e. The smallest absolute Gasteiger partial charge is 0.165 e. The van der Waals surface area contributed by atoms with E-state index in [0.717, 1.165) is 24.9 Å². The molecule has 1 atom stereocenters. The molecule has 0 amide bonds. The van der Waals surface area contributed by atoms with Crippen LogP contribution >= 0.6 is 0 Å². The standard InChI is InChI=1S/C14H21FN2O/c1-17(2)9-10-6-11(14(18)13(15)7-10)8-12-4-3-5-16-12/h6-7,12,16,18H,3-5,8-9H2,1-2H3. The molecule has 4 heteroatoms. The van der Waals surface area contributed by atoms with Gasteiger partial charge in [-0.05, 0) is 57.1 Å². The first-order valence-electron chi connectivity index (χ1n) is 6.44. The van der Waals surface area contributed by atoms with Gasteiger partial charge < -0.3 is 15.3 Å². The lowest BCUT2D eigenvalue weighted by atomic mass is 10.0. The van der Waals surface area contributed by atoms with E-state index in [1.807, 2.05) is 25.1 Å². The van der Waals surface area contributed by atoms with Gasteiger partial charge in [-0.2, -0.15) is 0 Å². The number of phenols is 1. The highest BCUT2D eigenvalue weighted by molar-refractivity contribution is 5.38. The Bertz CT molecular complexity index is 415. The van der Waals surface area contributed by atoms with Crippen LogP contribution in [0, 0.1) is 5.82 Å². The van der Waals surface area contributed by atoms with E-state index in [4.69, 9.17) is 0 Å². The van der Waals surface area contributed by atoms with Gasteiger partial charge in [0.05, 0.1) is 0 Å². The van der Waals surface area contributed by atoms with Gasteiger partial charge in [-0.25, -0.2) is 4.39 Å². The maximum atomic E-state index is 13.7.